The van der Waals surface area contributed by atoms with Gasteiger partial charge in [-0.2, -0.15) is 0 Å². The van der Waals surface area contributed by atoms with E-state index in [9.17, 15) is 0 Å². The normalized spacial score (nSPS) is 12.5. The molecule has 142 valence electrons. The molecule has 0 bridgehead atoms. The topological polar surface area (TPSA) is 56.2 Å². The third-order valence-electron chi connectivity index (χ3n) is 4.73. The lowest BCUT2D eigenvalue weighted by atomic mass is 10.0. The number of rotatable bonds is 5. The number of benzene rings is 2. The van der Waals surface area contributed by atoms with Gasteiger partial charge >= 0.3 is 0 Å². The molecule has 2 heterocycles. The van der Waals surface area contributed by atoms with E-state index in [1.54, 1.807) is 27.5 Å². The summed E-state index contributed by atoms with van der Waals surface area (Å²) in [6.45, 7) is 0.547. The highest BCUT2D eigenvalue weighted by atomic mass is 16.5. The Labute approximate surface area is 164 Å². The van der Waals surface area contributed by atoms with Gasteiger partial charge in [-0.3, -0.25) is 4.99 Å². The Morgan fingerprint density at radius 3 is 2.43 bits per heavy atom. The third kappa shape index (κ3) is 3.24. The summed E-state index contributed by atoms with van der Waals surface area (Å²) in [7, 11) is 4.89. The van der Waals surface area contributed by atoms with Crippen LogP contribution in [-0.4, -0.2) is 39.2 Å². The summed E-state index contributed by atoms with van der Waals surface area (Å²) >= 11 is 0. The van der Waals surface area contributed by atoms with Crippen molar-refractivity contribution in [2.45, 2.75) is 0 Å². The van der Waals surface area contributed by atoms with Gasteiger partial charge in [0.1, 0.15) is 6.67 Å². The predicted molar refractivity (Wildman–Crippen MR) is 110 cm³/mol. The average Bonchev–Trinajstić information content (AvgIpc) is 2.77. The second-order valence-corrected chi connectivity index (χ2v) is 6.28. The molecule has 1 aromatic heterocycles. The maximum atomic E-state index is 5.45. The second-order valence-electron chi connectivity index (χ2n) is 6.28. The zero-order valence-corrected chi connectivity index (χ0v) is 16.0. The highest BCUT2D eigenvalue weighted by molar-refractivity contribution is 5.94. The van der Waals surface area contributed by atoms with Crippen LogP contribution in [0.25, 0.3) is 11.1 Å². The van der Waals surface area contributed by atoms with E-state index in [1.807, 2.05) is 36.5 Å². The summed E-state index contributed by atoms with van der Waals surface area (Å²) in [5.41, 5.74) is 5.27. The van der Waals surface area contributed by atoms with Gasteiger partial charge in [-0.15, -0.1) is 0 Å². The van der Waals surface area contributed by atoms with Crippen molar-refractivity contribution < 1.29 is 14.2 Å². The Morgan fingerprint density at radius 1 is 0.821 bits per heavy atom. The van der Waals surface area contributed by atoms with E-state index in [0.29, 0.717) is 24.0 Å². The van der Waals surface area contributed by atoms with Gasteiger partial charge < -0.3 is 19.1 Å². The zero-order valence-electron chi connectivity index (χ0n) is 16.0. The highest BCUT2D eigenvalue weighted by Crippen LogP contribution is 2.37. The van der Waals surface area contributed by atoms with Crippen LogP contribution in [0, 0.1) is 0 Å². The quantitative estimate of drug-likeness (QED) is 0.665. The van der Waals surface area contributed by atoms with Crippen LogP contribution in [0.2, 0.25) is 0 Å². The minimum Gasteiger partial charge on any atom is -0.493 e. The zero-order chi connectivity index (χ0) is 19.5. The molecule has 1 aliphatic heterocycles. The molecule has 0 amide bonds. The number of anilines is 2. The van der Waals surface area contributed by atoms with Crippen LogP contribution in [0.5, 0.6) is 17.4 Å². The maximum absolute atomic E-state index is 5.45. The van der Waals surface area contributed by atoms with Crippen molar-refractivity contribution in [3.8, 4) is 28.5 Å². The van der Waals surface area contributed by atoms with Gasteiger partial charge in [0.25, 0.3) is 0 Å². The van der Waals surface area contributed by atoms with E-state index in [-0.39, 0.29) is 0 Å². The van der Waals surface area contributed by atoms with Gasteiger partial charge in [-0.1, -0.05) is 6.07 Å². The molecule has 0 spiro atoms. The predicted octanol–water partition coefficient (Wildman–Crippen LogP) is 4.30. The SMILES string of the molecule is COc1cc(-c2ccc3c(c2)C=NCN3c2ccc(OC)c(OC)c2)ccn1. The first-order chi connectivity index (χ1) is 13.7. The molecule has 2 aromatic carbocycles. The lowest BCUT2D eigenvalue weighted by Crippen LogP contribution is -2.22. The van der Waals surface area contributed by atoms with Gasteiger partial charge in [-0.05, 0) is 41.5 Å². The van der Waals surface area contributed by atoms with E-state index in [1.165, 1.54) is 0 Å². The van der Waals surface area contributed by atoms with Gasteiger partial charge in [0.05, 0.1) is 27.0 Å². The first-order valence-corrected chi connectivity index (χ1v) is 8.87. The van der Waals surface area contributed by atoms with Crippen LogP contribution in [0.15, 0.2) is 59.7 Å². The number of hydrogen-bond acceptors (Lipinski definition) is 6. The molecule has 0 radical (unpaired) electrons. The summed E-state index contributed by atoms with van der Waals surface area (Å²) < 4.78 is 16.0. The van der Waals surface area contributed by atoms with Crippen molar-refractivity contribution >= 4 is 17.6 Å². The maximum Gasteiger partial charge on any atom is 0.213 e. The first kappa shape index (κ1) is 17.9. The van der Waals surface area contributed by atoms with Crippen LogP contribution >= 0.6 is 0 Å². The van der Waals surface area contributed by atoms with E-state index in [4.69, 9.17) is 14.2 Å². The number of fused-ring (bicyclic) bond motifs is 1. The fourth-order valence-electron chi connectivity index (χ4n) is 3.29. The minimum atomic E-state index is 0.547. The van der Waals surface area contributed by atoms with E-state index >= 15 is 0 Å². The number of ether oxygens (including phenoxy) is 3. The Hall–Kier alpha value is -3.54. The third-order valence-corrected chi connectivity index (χ3v) is 4.73. The molecule has 0 unspecified atom stereocenters. The molecule has 0 saturated heterocycles. The second kappa shape index (κ2) is 7.60. The standard InChI is InChI=1S/C22H21N3O3/c1-26-20-7-5-18(12-21(20)27-2)25-14-23-13-17-10-15(4-6-19(17)25)16-8-9-24-22(11-16)28-3/h4-13H,14H2,1-3H3. The van der Waals surface area contributed by atoms with Crippen LogP contribution in [0.3, 0.4) is 0 Å². The molecule has 4 rings (SSSR count). The van der Waals surface area contributed by atoms with E-state index < -0.39 is 0 Å². The molecule has 0 N–H and O–H groups in total. The van der Waals surface area contributed by atoms with Crippen LogP contribution in [-0.2, 0) is 0 Å². The molecular weight excluding hydrogens is 354 g/mol. The number of methoxy groups -OCH3 is 3. The van der Waals surface area contributed by atoms with Crippen molar-refractivity contribution in [2.24, 2.45) is 4.99 Å². The van der Waals surface area contributed by atoms with Gasteiger partial charge in [0.15, 0.2) is 11.5 Å². The van der Waals surface area contributed by atoms with Crippen LogP contribution in [0.4, 0.5) is 11.4 Å². The Kier molecular flexibility index (Phi) is 4.85. The molecule has 0 fully saturated rings. The molecule has 1 aliphatic rings. The van der Waals surface area contributed by atoms with Crippen molar-refractivity contribution in [3.05, 3.63) is 60.3 Å². The van der Waals surface area contributed by atoms with Crippen molar-refractivity contribution in [3.63, 3.8) is 0 Å². The molecule has 3 aromatic rings. The van der Waals surface area contributed by atoms with E-state index in [0.717, 1.165) is 28.1 Å². The molecular formula is C22H21N3O3. The number of aliphatic imine (C=N–C) groups is 1. The Bertz CT molecular complexity index is 1030. The van der Waals surface area contributed by atoms with Gasteiger partial charge in [0, 0.05) is 35.8 Å². The van der Waals surface area contributed by atoms with Crippen LogP contribution in [0.1, 0.15) is 5.56 Å². The molecule has 0 saturated carbocycles. The fourth-order valence-corrected chi connectivity index (χ4v) is 3.29. The molecule has 0 aliphatic carbocycles. The summed E-state index contributed by atoms with van der Waals surface area (Å²) in [5, 5.41) is 0. The minimum absolute atomic E-state index is 0.547. The average molecular weight is 375 g/mol. The van der Waals surface area contributed by atoms with Crippen molar-refractivity contribution in [1.82, 2.24) is 4.98 Å². The number of nitrogens with zero attached hydrogens (tertiary/aromatic N) is 3. The molecule has 28 heavy (non-hydrogen) atoms. The van der Waals surface area contributed by atoms with Gasteiger partial charge in [0.2, 0.25) is 5.88 Å². The van der Waals surface area contributed by atoms with Crippen LogP contribution < -0.4 is 19.1 Å². The summed E-state index contributed by atoms with van der Waals surface area (Å²) in [5.74, 6) is 1.99. The number of pyridine rings is 1. The van der Waals surface area contributed by atoms with Gasteiger partial charge in [-0.25, -0.2) is 4.98 Å². The summed E-state index contributed by atoms with van der Waals surface area (Å²) in [6, 6.07) is 16.1. The Balaban J connectivity index is 1.72. The highest BCUT2D eigenvalue weighted by Gasteiger charge is 2.18. The largest absolute Gasteiger partial charge is 0.493 e. The molecule has 0 atom stereocenters. The Morgan fingerprint density at radius 2 is 1.64 bits per heavy atom. The number of hydrogen-bond donors (Lipinski definition) is 0. The first-order valence-electron chi connectivity index (χ1n) is 8.87. The monoisotopic (exact) mass is 375 g/mol. The lowest BCUT2D eigenvalue weighted by Gasteiger charge is -2.28. The molecule has 6 heteroatoms. The summed E-state index contributed by atoms with van der Waals surface area (Å²) in [4.78, 5) is 10.9. The lowest BCUT2D eigenvalue weighted by molar-refractivity contribution is 0.355. The van der Waals surface area contributed by atoms with E-state index in [2.05, 4.69) is 33.1 Å². The van der Waals surface area contributed by atoms with Crippen molar-refractivity contribution in [1.29, 1.82) is 0 Å². The fraction of sp³-hybridized carbons (Fsp3) is 0.182. The van der Waals surface area contributed by atoms with Crippen molar-refractivity contribution in [2.75, 3.05) is 32.9 Å². The molecule has 6 nitrogen and oxygen atoms in total. The number of aromatic nitrogens is 1. The summed E-state index contributed by atoms with van der Waals surface area (Å²) in [6.07, 6.45) is 3.66. The smallest absolute Gasteiger partial charge is 0.213 e.